The van der Waals surface area contributed by atoms with Gasteiger partial charge in [-0.1, -0.05) is 35.5 Å². The highest BCUT2D eigenvalue weighted by atomic mass is 35.5. The van der Waals surface area contributed by atoms with Crippen LogP contribution >= 0.6 is 23.4 Å². The van der Waals surface area contributed by atoms with Crippen molar-refractivity contribution in [2.75, 3.05) is 12.4 Å². The summed E-state index contributed by atoms with van der Waals surface area (Å²) in [6.45, 7) is 1.75. The van der Waals surface area contributed by atoms with E-state index in [1.807, 2.05) is 0 Å². The fourth-order valence-electron chi connectivity index (χ4n) is 2.63. The molecular weight excluding hydrogens is 412 g/mol. The van der Waals surface area contributed by atoms with E-state index in [1.54, 1.807) is 62.6 Å². The highest BCUT2D eigenvalue weighted by Gasteiger charge is 2.35. The SMILES string of the molecule is COc1ccc(NC(=O)C2CC(=O)N(N=C(C)c3ccc(Cl)cc3)C(=N)S2)cc1. The summed E-state index contributed by atoms with van der Waals surface area (Å²) < 4.78 is 5.09. The highest BCUT2D eigenvalue weighted by Crippen LogP contribution is 2.28. The molecule has 2 aromatic rings. The Kier molecular flexibility index (Phi) is 6.56. The van der Waals surface area contributed by atoms with E-state index in [1.165, 1.54) is 0 Å². The van der Waals surface area contributed by atoms with Gasteiger partial charge in [-0.25, -0.2) is 0 Å². The molecule has 0 aromatic heterocycles. The topological polar surface area (TPSA) is 94.8 Å². The molecular formula is C20H19ClN4O3S. The first-order valence-corrected chi connectivity index (χ1v) is 9.97. The molecule has 0 bridgehead atoms. The summed E-state index contributed by atoms with van der Waals surface area (Å²) >= 11 is 6.88. The Hall–Kier alpha value is -2.84. The van der Waals surface area contributed by atoms with Crippen LogP contribution in [0.5, 0.6) is 5.75 Å². The number of nitrogens with one attached hydrogen (secondary N) is 2. The highest BCUT2D eigenvalue weighted by molar-refractivity contribution is 8.14. The zero-order valence-electron chi connectivity index (χ0n) is 15.8. The van der Waals surface area contributed by atoms with Gasteiger partial charge in [0.25, 0.3) is 5.91 Å². The Balaban J connectivity index is 1.66. The van der Waals surface area contributed by atoms with E-state index in [4.69, 9.17) is 21.7 Å². The number of hydrogen-bond donors (Lipinski definition) is 2. The normalized spacial score (nSPS) is 17.3. The summed E-state index contributed by atoms with van der Waals surface area (Å²) in [4.78, 5) is 25.0. The lowest BCUT2D eigenvalue weighted by Crippen LogP contribution is -2.42. The molecule has 7 nitrogen and oxygen atoms in total. The minimum Gasteiger partial charge on any atom is -0.497 e. The van der Waals surface area contributed by atoms with Crippen LogP contribution in [0.2, 0.25) is 5.02 Å². The first-order valence-electron chi connectivity index (χ1n) is 8.71. The average molecular weight is 431 g/mol. The molecule has 1 aliphatic heterocycles. The van der Waals surface area contributed by atoms with Crippen LogP contribution in [0.15, 0.2) is 53.6 Å². The molecule has 9 heteroatoms. The van der Waals surface area contributed by atoms with Crippen molar-refractivity contribution in [1.82, 2.24) is 5.01 Å². The van der Waals surface area contributed by atoms with Crippen molar-refractivity contribution in [3.8, 4) is 5.75 Å². The van der Waals surface area contributed by atoms with Gasteiger partial charge in [-0.3, -0.25) is 15.0 Å². The van der Waals surface area contributed by atoms with Crippen LogP contribution in [0.4, 0.5) is 5.69 Å². The predicted octanol–water partition coefficient (Wildman–Crippen LogP) is 3.98. The molecule has 0 aliphatic carbocycles. The molecule has 0 saturated carbocycles. The maximum atomic E-state index is 12.5. The van der Waals surface area contributed by atoms with Gasteiger partial charge < -0.3 is 10.1 Å². The lowest BCUT2D eigenvalue weighted by atomic mass is 10.1. The predicted molar refractivity (Wildman–Crippen MR) is 116 cm³/mol. The Morgan fingerprint density at radius 2 is 1.90 bits per heavy atom. The molecule has 1 atom stereocenters. The van der Waals surface area contributed by atoms with Gasteiger partial charge in [0.05, 0.1) is 19.2 Å². The molecule has 2 amide bonds. The zero-order valence-corrected chi connectivity index (χ0v) is 17.4. The van der Waals surface area contributed by atoms with Gasteiger partial charge in [0.1, 0.15) is 11.0 Å². The van der Waals surface area contributed by atoms with Crippen LogP contribution in [0.1, 0.15) is 18.9 Å². The largest absolute Gasteiger partial charge is 0.497 e. The van der Waals surface area contributed by atoms with Gasteiger partial charge in [-0.2, -0.15) is 10.1 Å². The number of hydrazone groups is 1. The summed E-state index contributed by atoms with van der Waals surface area (Å²) in [6, 6.07) is 13.9. The fourth-order valence-corrected chi connectivity index (χ4v) is 3.66. The van der Waals surface area contributed by atoms with Gasteiger partial charge in [-0.05, 0) is 48.9 Å². The van der Waals surface area contributed by atoms with Crippen LogP contribution in [0.25, 0.3) is 0 Å². The maximum Gasteiger partial charge on any atom is 0.250 e. The first-order chi connectivity index (χ1) is 13.9. The van der Waals surface area contributed by atoms with Crippen molar-refractivity contribution in [2.24, 2.45) is 5.10 Å². The monoisotopic (exact) mass is 430 g/mol. The van der Waals surface area contributed by atoms with Crippen molar-refractivity contribution >= 4 is 51.7 Å². The number of halogens is 1. The number of hydrogen-bond acceptors (Lipinski definition) is 6. The quantitative estimate of drug-likeness (QED) is 0.701. The third-order valence-corrected chi connectivity index (χ3v) is 5.52. The number of carbonyl (C=O) groups is 2. The average Bonchev–Trinajstić information content (AvgIpc) is 2.71. The van der Waals surface area contributed by atoms with Crippen LogP contribution in [-0.4, -0.2) is 40.1 Å². The smallest absolute Gasteiger partial charge is 0.250 e. The minimum atomic E-state index is -0.695. The summed E-state index contributed by atoms with van der Waals surface area (Å²) in [6.07, 6.45) is -0.0492. The molecule has 150 valence electrons. The Morgan fingerprint density at radius 3 is 2.48 bits per heavy atom. The van der Waals surface area contributed by atoms with Crippen LogP contribution in [0, 0.1) is 5.41 Å². The summed E-state index contributed by atoms with van der Waals surface area (Å²) in [5, 5.41) is 16.0. The maximum absolute atomic E-state index is 12.5. The molecule has 1 heterocycles. The zero-order chi connectivity index (χ0) is 21.0. The van der Waals surface area contributed by atoms with E-state index in [0.29, 0.717) is 22.2 Å². The van der Waals surface area contributed by atoms with E-state index < -0.39 is 11.2 Å². The second-order valence-corrected chi connectivity index (χ2v) is 7.86. The molecule has 29 heavy (non-hydrogen) atoms. The number of nitrogens with zero attached hydrogens (tertiary/aromatic N) is 2. The lowest BCUT2D eigenvalue weighted by Gasteiger charge is -2.27. The van der Waals surface area contributed by atoms with E-state index in [2.05, 4.69) is 10.4 Å². The van der Waals surface area contributed by atoms with Crippen molar-refractivity contribution in [2.45, 2.75) is 18.6 Å². The third-order valence-electron chi connectivity index (χ3n) is 4.20. The number of anilines is 1. The number of amides is 2. The summed E-state index contributed by atoms with van der Waals surface area (Å²) in [5.74, 6) is -0.0650. The third kappa shape index (κ3) is 5.16. The van der Waals surface area contributed by atoms with E-state index in [0.717, 1.165) is 22.3 Å². The number of methoxy groups -OCH3 is 1. The summed E-state index contributed by atoms with van der Waals surface area (Å²) in [5.41, 5.74) is 1.95. The Morgan fingerprint density at radius 1 is 1.24 bits per heavy atom. The van der Waals surface area contributed by atoms with Crippen molar-refractivity contribution in [3.05, 3.63) is 59.1 Å². The van der Waals surface area contributed by atoms with Crippen molar-refractivity contribution in [3.63, 3.8) is 0 Å². The first kappa shape index (κ1) is 20.9. The molecule has 1 unspecified atom stereocenters. The van der Waals surface area contributed by atoms with E-state index >= 15 is 0 Å². The van der Waals surface area contributed by atoms with Crippen molar-refractivity contribution < 1.29 is 14.3 Å². The number of rotatable bonds is 5. The minimum absolute atomic E-state index is 0.0492. The Bertz CT molecular complexity index is 943. The van der Waals surface area contributed by atoms with Gasteiger partial charge >= 0.3 is 0 Å². The molecule has 3 rings (SSSR count). The lowest BCUT2D eigenvalue weighted by molar-refractivity contribution is -0.129. The molecule has 0 spiro atoms. The van der Waals surface area contributed by atoms with Gasteiger partial charge in [-0.15, -0.1) is 0 Å². The second kappa shape index (κ2) is 9.11. The number of carbonyl (C=O) groups excluding carboxylic acids is 2. The number of amidine groups is 1. The molecule has 2 aromatic carbocycles. The molecule has 2 N–H and O–H groups in total. The molecule has 1 aliphatic rings. The van der Waals surface area contributed by atoms with E-state index in [9.17, 15) is 9.59 Å². The molecule has 1 saturated heterocycles. The number of benzene rings is 2. The molecule has 0 radical (unpaired) electrons. The fraction of sp³-hybridized carbons (Fsp3) is 0.200. The molecule has 1 fully saturated rings. The van der Waals surface area contributed by atoms with Gasteiger partial charge in [0, 0.05) is 10.7 Å². The number of thioether (sulfide) groups is 1. The van der Waals surface area contributed by atoms with Crippen molar-refractivity contribution in [1.29, 1.82) is 5.41 Å². The number of ether oxygens (including phenoxy) is 1. The van der Waals surface area contributed by atoms with E-state index in [-0.39, 0.29) is 17.5 Å². The summed E-state index contributed by atoms with van der Waals surface area (Å²) in [7, 11) is 1.56. The van der Waals surface area contributed by atoms with Crippen LogP contribution in [-0.2, 0) is 9.59 Å². The van der Waals surface area contributed by atoms with Crippen LogP contribution < -0.4 is 10.1 Å². The Labute approximate surface area is 177 Å². The van der Waals surface area contributed by atoms with Gasteiger partial charge in [0.15, 0.2) is 5.17 Å². The second-order valence-electron chi connectivity index (χ2n) is 6.23. The van der Waals surface area contributed by atoms with Gasteiger partial charge in [0.2, 0.25) is 5.91 Å². The van der Waals surface area contributed by atoms with Crippen LogP contribution in [0.3, 0.4) is 0 Å². The standard InChI is InChI=1S/C20H19ClN4O3S/c1-12(13-3-5-14(21)6-4-13)24-25-18(26)11-17(29-20(25)22)19(27)23-15-7-9-16(28-2)10-8-15/h3-10,17,22H,11H2,1-2H3,(H,23,27).